The number of nitrogens with two attached hydrogens (primary N) is 4. The van der Waals surface area contributed by atoms with Crippen molar-refractivity contribution in [1.82, 2.24) is 16.0 Å². The Bertz CT molecular complexity index is 980. The normalized spacial score (nSPS) is 12.9. The van der Waals surface area contributed by atoms with Crippen LogP contribution in [0.1, 0.15) is 31.2 Å². The average Bonchev–Trinajstić information content (AvgIpc) is 2.82. The Morgan fingerprint density at radius 3 is 2.14 bits per heavy atom. The molecule has 1 rings (SSSR count). The maximum atomic E-state index is 12.7. The molecule has 0 bridgehead atoms. The molecule has 4 amide bonds. The van der Waals surface area contributed by atoms with Gasteiger partial charge in [0.25, 0.3) is 0 Å². The van der Waals surface area contributed by atoms with Crippen LogP contribution in [0.4, 0.5) is 0 Å². The van der Waals surface area contributed by atoms with Crippen LogP contribution in [0.3, 0.4) is 0 Å². The van der Waals surface area contributed by atoms with Crippen LogP contribution in [0.2, 0.25) is 0 Å². The summed E-state index contributed by atoms with van der Waals surface area (Å²) in [4.78, 5) is 63.5. The molecule has 3 unspecified atom stereocenters. The molecule has 1 aromatic rings. The molecule has 1 aromatic carbocycles. The van der Waals surface area contributed by atoms with Crippen LogP contribution in [0.15, 0.2) is 29.3 Å². The fourth-order valence-electron chi connectivity index (χ4n) is 3.11. The Labute approximate surface area is 213 Å². The van der Waals surface area contributed by atoms with E-state index in [1.807, 2.05) is 0 Å². The number of rotatable bonds is 16. The Hall–Kier alpha value is -4.40. The smallest absolute Gasteiger partial charge is 0.326 e. The molecule has 0 aliphatic rings. The first-order valence-electron chi connectivity index (χ1n) is 11.4. The molecule has 0 aromatic heterocycles. The molecule has 0 heterocycles. The number of guanidine groups is 1. The van der Waals surface area contributed by atoms with E-state index in [1.165, 1.54) is 12.1 Å². The number of benzene rings is 1. The zero-order valence-corrected chi connectivity index (χ0v) is 20.2. The van der Waals surface area contributed by atoms with Gasteiger partial charge in [0.05, 0.1) is 12.6 Å². The fourth-order valence-corrected chi connectivity index (χ4v) is 3.11. The van der Waals surface area contributed by atoms with Gasteiger partial charge in [0.15, 0.2) is 5.96 Å². The van der Waals surface area contributed by atoms with E-state index < -0.39 is 54.3 Å². The van der Waals surface area contributed by atoms with Crippen LogP contribution in [0.5, 0.6) is 5.75 Å². The molecular weight excluding hydrogens is 488 g/mol. The van der Waals surface area contributed by atoms with Gasteiger partial charge in [-0.05, 0) is 43.4 Å². The summed E-state index contributed by atoms with van der Waals surface area (Å²) in [5.41, 5.74) is 22.2. The lowest BCUT2D eigenvalue weighted by Gasteiger charge is -2.21. The molecule has 0 aliphatic carbocycles. The number of carboxylic acid groups (broad SMARTS) is 1. The zero-order chi connectivity index (χ0) is 28.0. The number of phenolic OH excluding ortho intramolecular Hbond substituents is 1. The lowest BCUT2D eigenvalue weighted by Crippen LogP contribution is -2.53. The second-order valence-corrected chi connectivity index (χ2v) is 8.17. The van der Waals surface area contributed by atoms with Crippen LogP contribution < -0.4 is 38.9 Å². The number of primary amides is 1. The van der Waals surface area contributed by atoms with Gasteiger partial charge in [-0.15, -0.1) is 0 Å². The number of carboxylic acids is 1. The van der Waals surface area contributed by atoms with Crippen LogP contribution in [-0.2, 0) is 30.4 Å². The third-order valence-electron chi connectivity index (χ3n) is 5.04. The third-order valence-corrected chi connectivity index (χ3v) is 5.04. The van der Waals surface area contributed by atoms with E-state index in [2.05, 4.69) is 20.9 Å². The Morgan fingerprint density at radius 1 is 0.919 bits per heavy atom. The van der Waals surface area contributed by atoms with Crippen molar-refractivity contribution >= 4 is 35.6 Å². The van der Waals surface area contributed by atoms with Crippen molar-refractivity contribution in [2.75, 3.05) is 13.1 Å². The molecule has 0 fully saturated rings. The Kier molecular flexibility index (Phi) is 12.9. The van der Waals surface area contributed by atoms with E-state index in [1.54, 1.807) is 12.1 Å². The number of nitrogens with zero attached hydrogens (tertiary/aromatic N) is 1. The standard InChI is InChI=1S/C22H34N8O7/c23-14(10-12-3-5-13(31)6-4-12)19(34)30-15(2-1-9-27-22(25)26)20(35)28-11-18(33)29-16(21(36)37)7-8-17(24)32/h3-6,14-16,31H,1-2,7-11,23H2,(H2,24,32)(H,28,35)(H,29,33)(H,30,34)(H,36,37)(H4,25,26,27). The van der Waals surface area contributed by atoms with Crippen LogP contribution in [0, 0.1) is 0 Å². The van der Waals surface area contributed by atoms with Crippen molar-refractivity contribution < 1.29 is 34.2 Å². The first-order valence-corrected chi connectivity index (χ1v) is 11.4. The summed E-state index contributed by atoms with van der Waals surface area (Å²) in [5.74, 6) is -4.33. The largest absolute Gasteiger partial charge is 0.508 e. The van der Waals surface area contributed by atoms with Crippen molar-refractivity contribution in [3.8, 4) is 5.75 Å². The van der Waals surface area contributed by atoms with E-state index in [0.717, 1.165) is 0 Å². The lowest BCUT2D eigenvalue weighted by atomic mass is 10.0. The predicted molar refractivity (Wildman–Crippen MR) is 133 cm³/mol. The first kappa shape index (κ1) is 30.6. The summed E-state index contributed by atoms with van der Waals surface area (Å²) in [6.45, 7) is -0.402. The number of aromatic hydroxyl groups is 1. The summed E-state index contributed by atoms with van der Waals surface area (Å²) in [6.07, 6.45) is 0.0888. The van der Waals surface area contributed by atoms with E-state index in [0.29, 0.717) is 12.0 Å². The number of carbonyl (C=O) groups is 5. The average molecular weight is 523 g/mol. The number of aliphatic carboxylic acids is 1. The van der Waals surface area contributed by atoms with Gasteiger partial charge >= 0.3 is 5.97 Å². The molecule has 0 saturated carbocycles. The molecule has 13 N–H and O–H groups in total. The van der Waals surface area contributed by atoms with Gasteiger partial charge in [0.1, 0.15) is 17.8 Å². The van der Waals surface area contributed by atoms with Gasteiger partial charge in [0.2, 0.25) is 23.6 Å². The SMILES string of the molecule is NC(=O)CCC(NC(=O)CNC(=O)C(CCCN=C(N)N)NC(=O)C(N)Cc1ccc(O)cc1)C(=O)O. The fraction of sp³-hybridized carbons (Fsp3) is 0.455. The molecule has 15 heteroatoms. The highest BCUT2D eigenvalue weighted by molar-refractivity contribution is 5.92. The van der Waals surface area contributed by atoms with Crippen molar-refractivity contribution in [3.05, 3.63) is 29.8 Å². The van der Waals surface area contributed by atoms with Crippen LogP contribution >= 0.6 is 0 Å². The van der Waals surface area contributed by atoms with E-state index in [9.17, 15) is 34.2 Å². The third kappa shape index (κ3) is 12.7. The topological polar surface area (TPSA) is 278 Å². The molecule has 204 valence electrons. The molecule has 37 heavy (non-hydrogen) atoms. The van der Waals surface area contributed by atoms with E-state index >= 15 is 0 Å². The van der Waals surface area contributed by atoms with Crippen molar-refractivity contribution in [3.63, 3.8) is 0 Å². The van der Waals surface area contributed by atoms with Gasteiger partial charge in [-0.1, -0.05) is 12.1 Å². The van der Waals surface area contributed by atoms with E-state index in [-0.39, 0.29) is 43.9 Å². The van der Waals surface area contributed by atoms with Crippen molar-refractivity contribution in [2.45, 2.75) is 50.2 Å². The monoisotopic (exact) mass is 522 g/mol. The Balaban J connectivity index is 2.75. The van der Waals surface area contributed by atoms with Gasteiger partial charge in [-0.25, -0.2) is 4.79 Å². The maximum Gasteiger partial charge on any atom is 0.326 e. The second kappa shape index (κ2) is 15.6. The summed E-state index contributed by atoms with van der Waals surface area (Å²) in [6, 6.07) is 2.64. The minimum Gasteiger partial charge on any atom is -0.508 e. The summed E-state index contributed by atoms with van der Waals surface area (Å²) in [5, 5.41) is 25.6. The van der Waals surface area contributed by atoms with Gasteiger partial charge in [-0.3, -0.25) is 24.2 Å². The summed E-state index contributed by atoms with van der Waals surface area (Å²) < 4.78 is 0. The number of phenols is 1. The minimum atomic E-state index is -1.37. The maximum absolute atomic E-state index is 12.7. The summed E-state index contributed by atoms with van der Waals surface area (Å²) in [7, 11) is 0. The van der Waals surface area contributed by atoms with Crippen LogP contribution in [0.25, 0.3) is 0 Å². The van der Waals surface area contributed by atoms with Crippen molar-refractivity contribution in [2.24, 2.45) is 27.9 Å². The first-order chi connectivity index (χ1) is 17.4. The number of hydrogen-bond donors (Lipinski definition) is 9. The second-order valence-electron chi connectivity index (χ2n) is 8.17. The Morgan fingerprint density at radius 2 is 1.57 bits per heavy atom. The lowest BCUT2D eigenvalue weighted by molar-refractivity contribution is -0.142. The molecule has 0 spiro atoms. The highest BCUT2D eigenvalue weighted by Gasteiger charge is 2.25. The molecule has 0 radical (unpaired) electrons. The van der Waals surface area contributed by atoms with Crippen molar-refractivity contribution in [1.29, 1.82) is 0 Å². The number of hydrogen-bond acceptors (Lipinski definition) is 8. The highest BCUT2D eigenvalue weighted by Crippen LogP contribution is 2.11. The van der Waals surface area contributed by atoms with Gasteiger partial charge < -0.3 is 49.1 Å². The zero-order valence-electron chi connectivity index (χ0n) is 20.2. The van der Waals surface area contributed by atoms with Gasteiger partial charge in [-0.2, -0.15) is 0 Å². The molecule has 0 aliphatic heterocycles. The molecule has 3 atom stereocenters. The minimum absolute atomic E-state index is 0.0610. The molecule has 0 saturated heterocycles. The highest BCUT2D eigenvalue weighted by atomic mass is 16.4. The quantitative estimate of drug-likeness (QED) is 0.0593. The number of aliphatic imine (C=N–C) groups is 1. The number of carbonyl (C=O) groups excluding carboxylic acids is 4. The van der Waals surface area contributed by atoms with Crippen LogP contribution in [-0.4, -0.2) is 77.0 Å². The van der Waals surface area contributed by atoms with E-state index in [4.69, 9.17) is 22.9 Å². The molecular formula is C22H34N8O7. The summed E-state index contributed by atoms with van der Waals surface area (Å²) >= 11 is 0. The number of amides is 4. The molecule has 15 nitrogen and oxygen atoms in total. The predicted octanol–water partition coefficient (Wildman–Crippen LogP) is -3.25. The number of nitrogens with one attached hydrogen (secondary N) is 3. The van der Waals surface area contributed by atoms with Gasteiger partial charge in [0, 0.05) is 13.0 Å².